The van der Waals surface area contributed by atoms with Gasteiger partial charge >= 0.3 is 23.9 Å². The Kier molecular flexibility index (Phi) is 7.08. The molecule has 10 heteroatoms. The molecule has 0 aromatic heterocycles. The fourth-order valence-electron chi connectivity index (χ4n) is 2.19. The third kappa shape index (κ3) is 5.76. The lowest BCUT2D eigenvalue weighted by atomic mass is 10.1. The normalized spacial score (nSPS) is 27.0. The molecule has 0 saturated carbocycles. The first-order chi connectivity index (χ1) is 11.1. The summed E-state index contributed by atoms with van der Waals surface area (Å²) in [5.74, 6) is -3.01. The second-order valence-corrected chi connectivity index (χ2v) is 5.05. The Balaban J connectivity index is 3.03. The smallest absolute Gasteiger partial charge is 0.303 e. The molecule has 0 aromatic rings. The summed E-state index contributed by atoms with van der Waals surface area (Å²) >= 11 is 0. The summed E-state index contributed by atoms with van der Waals surface area (Å²) in [6.45, 7) is 3.89. The Morgan fingerprint density at radius 1 is 0.917 bits per heavy atom. The van der Waals surface area contributed by atoms with Gasteiger partial charge in [0.25, 0.3) is 0 Å². The molecular weight excluding hydrogens is 331 g/mol. The monoisotopic (exact) mass is 350 g/mol. The van der Waals surface area contributed by atoms with E-state index in [1.54, 1.807) is 0 Å². The number of hydrogen-bond acceptors (Lipinski definition) is 9. The van der Waals surface area contributed by atoms with Gasteiger partial charge in [-0.1, -0.05) is 0 Å². The minimum absolute atomic E-state index is 0.448. The third-order valence-corrected chi connectivity index (χ3v) is 2.93. The molecule has 0 unspecified atom stereocenters. The lowest BCUT2D eigenvalue weighted by molar-refractivity contribution is -0.178. The van der Waals surface area contributed by atoms with Crippen molar-refractivity contribution >= 4 is 23.9 Å². The molecule has 0 spiro atoms. The van der Waals surface area contributed by atoms with Gasteiger partial charge in [0.15, 0.2) is 18.3 Å². The molecule has 0 bridgehead atoms. The molecule has 1 aliphatic heterocycles. The van der Waals surface area contributed by atoms with E-state index < -0.39 is 61.3 Å². The number of ether oxygens (including phenoxy) is 5. The summed E-state index contributed by atoms with van der Waals surface area (Å²) in [5.41, 5.74) is 0. The van der Waals surface area contributed by atoms with Crippen molar-refractivity contribution in [3.63, 3.8) is 0 Å². The topological polar surface area (TPSA) is 114 Å². The van der Waals surface area contributed by atoms with E-state index in [0.717, 1.165) is 27.7 Å². The Morgan fingerprint density at radius 2 is 1.46 bits per heavy atom. The zero-order valence-electron chi connectivity index (χ0n) is 13.6. The van der Waals surface area contributed by atoms with Crippen LogP contribution in [0.1, 0.15) is 27.7 Å². The molecule has 24 heavy (non-hydrogen) atoms. The zero-order chi connectivity index (χ0) is 18.4. The van der Waals surface area contributed by atoms with Crippen molar-refractivity contribution in [1.82, 2.24) is 0 Å². The van der Waals surface area contributed by atoms with E-state index in [-0.39, 0.29) is 0 Å². The van der Waals surface area contributed by atoms with E-state index in [0.29, 0.717) is 0 Å². The number of hydrogen-bond donors (Lipinski definition) is 0. The number of alkyl halides is 1. The zero-order valence-corrected chi connectivity index (χ0v) is 13.6. The summed E-state index contributed by atoms with van der Waals surface area (Å²) in [6, 6.07) is 0. The number of carbonyl (C=O) groups is 4. The number of esters is 4. The summed E-state index contributed by atoms with van der Waals surface area (Å²) in [4.78, 5) is 44.5. The maximum absolute atomic E-state index is 14.1. The molecule has 0 aromatic carbocycles. The molecule has 0 aliphatic carbocycles. The molecular formula is C14H19FO9. The van der Waals surface area contributed by atoms with Crippen molar-refractivity contribution < 1.29 is 47.3 Å². The minimum atomic E-state index is -2.11. The van der Waals surface area contributed by atoms with Crippen LogP contribution < -0.4 is 0 Å². The van der Waals surface area contributed by atoms with Gasteiger partial charge in [0.2, 0.25) is 6.36 Å². The van der Waals surface area contributed by atoms with Crippen LogP contribution in [0.4, 0.5) is 4.39 Å². The predicted molar refractivity (Wildman–Crippen MR) is 73.1 cm³/mol. The molecule has 1 rings (SSSR count). The first-order valence-electron chi connectivity index (χ1n) is 7.06. The molecule has 1 aliphatic rings. The van der Waals surface area contributed by atoms with Crippen LogP contribution in [0, 0.1) is 0 Å². The maximum Gasteiger partial charge on any atom is 0.303 e. The number of carbonyl (C=O) groups excluding carboxylic acids is 4. The van der Waals surface area contributed by atoms with Gasteiger partial charge in [0.1, 0.15) is 12.7 Å². The van der Waals surface area contributed by atoms with Crippen LogP contribution in [0.15, 0.2) is 0 Å². The third-order valence-electron chi connectivity index (χ3n) is 2.93. The molecule has 0 amide bonds. The molecule has 136 valence electrons. The van der Waals surface area contributed by atoms with E-state index in [1.807, 2.05) is 0 Å². The quantitative estimate of drug-likeness (QED) is 0.483. The van der Waals surface area contributed by atoms with E-state index in [9.17, 15) is 23.6 Å². The van der Waals surface area contributed by atoms with Crippen LogP contribution in [-0.2, 0) is 42.9 Å². The number of halogens is 1. The molecule has 1 saturated heterocycles. The van der Waals surface area contributed by atoms with Crippen LogP contribution in [0.5, 0.6) is 0 Å². The van der Waals surface area contributed by atoms with Crippen LogP contribution in [0.2, 0.25) is 0 Å². The van der Waals surface area contributed by atoms with Crippen molar-refractivity contribution in [2.24, 2.45) is 0 Å². The summed E-state index contributed by atoms with van der Waals surface area (Å²) in [5, 5.41) is 0. The lowest BCUT2D eigenvalue weighted by Gasteiger charge is -2.27. The molecule has 1 fully saturated rings. The van der Waals surface area contributed by atoms with Gasteiger partial charge in [-0.3, -0.25) is 19.2 Å². The van der Waals surface area contributed by atoms with Gasteiger partial charge in [0, 0.05) is 27.7 Å². The van der Waals surface area contributed by atoms with E-state index in [4.69, 9.17) is 23.7 Å². The van der Waals surface area contributed by atoms with Crippen molar-refractivity contribution in [2.45, 2.75) is 58.5 Å². The molecule has 9 nitrogen and oxygen atoms in total. The fraction of sp³-hybridized carbons (Fsp3) is 0.714. The van der Waals surface area contributed by atoms with E-state index in [2.05, 4.69) is 0 Å². The van der Waals surface area contributed by atoms with Crippen LogP contribution in [0.25, 0.3) is 0 Å². The van der Waals surface area contributed by atoms with Crippen LogP contribution in [0.3, 0.4) is 0 Å². The van der Waals surface area contributed by atoms with Crippen molar-refractivity contribution in [1.29, 1.82) is 0 Å². The molecule has 5 atom stereocenters. The minimum Gasteiger partial charge on any atom is -0.462 e. The van der Waals surface area contributed by atoms with Crippen molar-refractivity contribution in [3.8, 4) is 0 Å². The Labute approximate surface area is 137 Å². The molecule has 0 N–H and O–H groups in total. The highest BCUT2D eigenvalue weighted by molar-refractivity contribution is 5.68. The summed E-state index contributed by atoms with van der Waals surface area (Å²) in [6.07, 6.45) is -7.60. The maximum atomic E-state index is 14.1. The van der Waals surface area contributed by atoms with Gasteiger partial charge in [-0.15, -0.1) is 0 Å². The Morgan fingerprint density at radius 3 is 1.92 bits per heavy atom. The molecule has 0 radical (unpaired) electrons. The average Bonchev–Trinajstić information content (AvgIpc) is 2.70. The van der Waals surface area contributed by atoms with Gasteiger partial charge in [-0.25, -0.2) is 4.39 Å². The second kappa shape index (κ2) is 8.57. The predicted octanol–water partition coefficient (Wildman–Crippen LogP) is 0.0390. The van der Waals surface area contributed by atoms with Gasteiger partial charge in [0.05, 0.1) is 0 Å². The first-order valence-corrected chi connectivity index (χ1v) is 7.06. The standard InChI is InChI=1S/C14H19FO9/c1-6(16)20-5-10(21-7(2)17)11-12(22-8(3)18)13(14(15)24-11)23-9(4)19/h10-14H,5H2,1-4H3/t10-,11-,12+,13-,14+/m1/s1. The van der Waals surface area contributed by atoms with E-state index >= 15 is 0 Å². The number of rotatable bonds is 6. The average molecular weight is 350 g/mol. The van der Waals surface area contributed by atoms with Gasteiger partial charge in [-0.05, 0) is 0 Å². The highest BCUT2D eigenvalue weighted by Crippen LogP contribution is 2.31. The van der Waals surface area contributed by atoms with Crippen molar-refractivity contribution in [2.75, 3.05) is 6.61 Å². The first kappa shape index (κ1) is 19.8. The Bertz CT molecular complexity index is 506. The van der Waals surface area contributed by atoms with Crippen LogP contribution >= 0.6 is 0 Å². The fourth-order valence-corrected chi connectivity index (χ4v) is 2.19. The molecule has 1 heterocycles. The summed E-state index contributed by atoms with van der Waals surface area (Å²) < 4.78 is 38.5. The van der Waals surface area contributed by atoms with Crippen molar-refractivity contribution in [3.05, 3.63) is 0 Å². The largest absolute Gasteiger partial charge is 0.462 e. The SMILES string of the molecule is CC(=O)OC[C@@H](OC(C)=O)[C@H]1O[C@H](F)[C@H](OC(C)=O)[C@H]1OC(C)=O. The highest BCUT2D eigenvalue weighted by atomic mass is 19.1. The Hall–Kier alpha value is -2.23. The van der Waals surface area contributed by atoms with Crippen LogP contribution in [-0.4, -0.2) is 61.3 Å². The van der Waals surface area contributed by atoms with Gasteiger partial charge in [-0.2, -0.15) is 0 Å². The second-order valence-electron chi connectivity index (χ2n) is 5.05. The lowest BCUT2D eigenvalue weighted by Crippen LogP contribution is -2.46. The highest BCUT2D eigenvalue weighted by Gasteiger charge is 2.53. The van der Waals surface area contributed by atoms with E-state index in [1.165, 1.54) is 0 Å². The van der Waals surface area contributed by atoms with Gasteiger partial charge < -0.3 is 23.7 Å². The summed E-state index contributed by atoms with van der Waals surface area (Å²) in [7, 11) is 0.